The van der Waals surface area contributed by atoms with Gasteiger partial charge in [0.25, 0.3) is 0 Å². The van der Waals surface area contributed by atoms with E-state index in [2.05, 4.69) is 56.7 Å². The molecule has 2 aromatic rings. The van der Waals surface area contributed by atoms with E-state index in [0.717, 1.165) is 47.4 Å². The number of nitrogens with one attached hydrogen (secondary N) is 1. The van der Waals surface area contributed by atoms with Crippen LogP contribution in [0, 0.1) is 0 Å². The van der Waals surface area contributed by atoms with E-state index < -0.39 is 0 Å². The molecule has 3 rings (SSSR count). The number of anilines is 2. The molecule has 0 fully saturated rings. The lowest BCUT2D eigenvalue weighted by Gasteiger charge is -2.42. The van der Waals surface area contributed by atoms with Crippen LogP contribution in [0.2, 0.25) is 0 Å². The van der Waals surface area contributed by atoms with E-state index in [1.807, 2.05) is 0 Å². The van der Waals surface area contributed by atoms with Crippen molar-refractivity contribution in [3.05, 3.63) is 23.4 Å². The Morgan fingerprint density at radius 2 is 1.88 bits per heavy atom. The van der Waals surface area contributed by atoms with Gasteiger partial charge in [-0.3, -0.25) is 0 Å². The van der Waals surface area contributed by atoms with Crippen molar-refractivity contribution in [2.45, 2.75) is 59.0 Å². The maximum Gasteiger partial charge on any atom is 0.172 e. The van der Waals surface area contributed by atoms with Crippen LogP contribution < -0.4 is 23.5 Å². The van der Waals surface area contributed by atoms with Gasteiger partial charge in [0.1, 0.15) is 5.69 Å². The van der Waals surface area contributed by atoms with E-state index in [1.54, 1.807) is 0 Å². The Bertz CT molecular complexity index is 727. The SMILES string of the molecule is CC(C)[N+](C)(CCNc1nn2c3c(ccc2c1N)CCC3)C(C)C.[Cl-]. The minimum absolute atomic E-state index is 0. The molecular weight excluding hydrogens is 334 g/mol. The summed E-state index contributed by atoms with van der Waals surface area (Å²) in [5, 5.41) is 8.25. The third-order valence-electron chi connectivity index (χ3n) is 6.13. The smallest absolute Gasteiger partial charge is 0.172 e. The molecular formula is C19H32ClN5. The number of quaternary nitrogens is 1. The van der Waals surface area contributed by atoms with Crippen LogP contribution in [0.4, 0.5) is 11.5 Å². The number of aromatic nitrogens is 2. The summed E-state index contributed by atoms with van der Waals surface area (Å²) in [7, 11) is 2.33. The molecule has 140 valence electrons. The Balaban J connectivity index is 0.00000225. The first-order valence-corrected chi connectivity index (χ1v) is 9.22. The molecule has 2 aromatic heterocycles. The number of rotatable bonds is 6. The highest BCUT2D eigenvalue weighted by molar-refractivity contribution is 5.81. The number of likely N-dealkylation sites (N-methyl/N-ethyl adjacent to an activating group) is 1. The van der Waals surface area contributed by atoms with Gasteiger partial charge in [0.2, 0.25) is 0 Å². The second kappa shape index (κ2) is 7.42. The van der Waals surface area contributed by atoms with E-state index in [4.69, 9.17) is 10.8 Å². The van der Waals surface area contributed by atoms with Gasteiger partial charge in [0.15, 0.2) is 5.82 Å². The molecule has 0 amide bonds. The molecule has 0 bridgehead atoms. The van der Waals surface area contributed by atoms with Gasteiger partial charge < -0.3 is 27.9 Å². The van der Waals surface area contributed by atoms with E-state index in [1.165, 1.54) is 17.7 Å². The van der Waals surface area contributed by atoms with Crippen molar-refractivity contribution in [1.82, 2.24) is 9.61 Å². The van der Waals surface area contributed by atoms with Crippen LogP contribution in [0.1, 0.15) is 45.4 Å². The molecule has 0 saturated carbocycles. The molecule has 0 spiro atoms. The maximum atomic E-state index is 6.35. The summed E-state index contributed by atoms with van der Waals surface area (Å²) in [6, 6.07) is 5.51. The van der Waals surface area contributed by atoms with Crippen molar-refractivity contribution in [2.24, 2.45) is 0 Å². The van der Waals surface area contributed by atoms with Crippen molar-refractivity contribution in [2.75, 3.05) is 31.2 Å². The number of fused-ring (bicyclic) bond motifs is 3. The third kappa shape index (κ3) is 3.44. The standard InChI is InChI=1S/C19H32N5.ClH/c1-13(2)24(5,14(3)4)12-11-21-19-18(20)17-10-9-15-7-6-8-16(15)23(17)22-19;/h9-10,13-14H,6-8,11-12,20H2,1-5H3,(H,21,22);1H/q+1;/p-1. The number of hydrogen-bond donors (Lipinski definition) is 2. The zero-order valence-corrected chi connectivity index (χ0v) is 16.9. The molecule has 0 aliphatic heterocycles. The number of nitrogens with two attached hydrogens (primary N) is 1. The average molecular weight is 366 g/mol. The fourth-order valence-electron chi connectivity index (χ4n) is 3.82. The van der Waals surface area contributed by atoms with Gasteiger partial charge in [-0.15, -0.1) is 5.10 Å². The molecule has 1 aliphatic carbocycles. The van der Waals surface area contributed by atoms with Crippen LogP contribution in [-0.2, 0) is 12.8 Å². The van der Waals surface area contributed by atoms with Crippen LogP contribution in [0.15, 0.2) is 12.1 Å². The van der Waals surface area contributed by atoms with Gasteiger partial charge in [-0.25, -0.2) is 4.52 Å². The minimum atomic E-state index is 0. The molecule has 0 aromatic carbocycles. The van der Waals surface area contributed by atoms with Crippen LogP contribution in [-0.4, -0.2) is 46.3 Å². The molecule has 1 aliphatic rings. The summed E-state index contributed by atoms with van der Waals surface area (Å²) in [4.78, 5) is 0. The van der Waals surface area contributed by atoms with Crippen molar-refractivity contribution in [1.29, 1.82) is 0 Å². The summed E-state index contributed by atoms with van der Waals surface area (Å²) < 4.78 is 3.09. The third-order valence-corrected chi connectivity index (χ3v) is 6.13. The Morgan fingerprint density at radius 3 is 2.52 bits per heavy atom. The van der Waals surface area contributed by atoms with Gasteiger partial charge in [-0.2, -0.15) is 0 Å². The second-order valence-corrected chi connectivity index (χ2v) is 7.90. The molecule has 0 saturated heterocycles. The first kappa shape index (κ1) is 19.9. The minimum Gasteiger partial charge on any atom is -1.00 e. The van der Waals surface area contributed by atoms with E-state index in [-0.39, 0.29) is 12.4 Å². The number of nitrogen functional groups attached to an aromatic ring is 1. The molecule has 0 radical (unpaired) electrons. The lowest BCUT2D eigenvalue weighted by molar-refractivity contribution is -0.947. The molecule has 2 heterocycles. The summed E-state index contributed by atoms with van der Waals surface area (Å²) in [6.07, 6.45) is 3.48. The summed E-state index contributed by atoms with van der Waals surface area (Å²) in [6.45, 7) is 11.1. The van der Waals surface area contributed by atoms with Crippen LogP contribution in [0.5, 0.6) is 0 Å². The van der Waals surface area contributed by atoms with Gasteiger partial charge in [0, 0.05) is 5.69 Å². The van der Waals surface area contributed by atoms with Gasteiger partial charge in [0.05, 0.1) is 37.7 Å². The highest BCUT2D eigenvalue weighted by Crippen LogP contribution is 2.29. The number of pyridine rings is 1. The summed E-state index contributed by atoms with van der Waals surface area (Å²) >= 11 is 0. The second-order valence-electron chi connectivity index (χ2n) is 7.90. The van der Waals surface area contributed by atoms with E-state index in [0.29, 0.717) is 12.1 Å². The Kier molecular flexibility index (Phi) is 5.89. The highest BCUT2D eigenvalue weighted by Gasteiger charge is 2.29. The zero-order chi connectivity index (χ0) is 17.5. The Hall–Kier alpha value is -1.46. The van der Waals surface area contributed by atoms with Crippen molar-refractivity contribution >= 4 is 17.0 Å². The molecule has 6 heteroatoms. The van der Waals surface area contributed by atoms with Crippen LogP contribution in [0.25, 0.3) is 5.52 Å². The van der Waals surface area contributed by atoms with Crippen molar-refractivity contribution in [3.63, 3.8) is 0 Å². The lowest BCUT2D eigenvalue weighted by atomic mass is 10.1. The lowest BCUT2D eigenvalue weighted by Crippen LogP contribution is -3.00. The van der Waals surface area contributed by atoms with Crippen LogP contribution in [0.3, 0.4) is 0 Å². The van der Waals surface area contributed by atoms with Crippen molar-refractivity contribution < 1.29 is 16.9 Å². The Labute approximate surface area is 157 Å². The number of halogens is 1. The quantitative estimate of drug-likeness (QED) is 0.713. The number of aryl methyl sites for hydroxylation is 2. The first-order chi connectivity index (χ1) is 11.3. The summed E-state index contributed by atoms with van der Waals surface area (Å²) in [5.74, 6) is 0.828. The average Bonchev–Trinajstić information content (AvgIpc) is 3.12. The summed E-state index contributed by atoms with van der Waals surface area (Å²) in [5.41, 5.74) is 10.9. The van der Waals surface area contributed by atoms with Gasteiger partial charge in [-0.1, -0.05) is 6.07 Å². The van der Waals surface area contributed by atoms with E-state index >= 15 is 0 Å². The monoisotopic (exact) mass is 365 g/mol. The molecule has 3 N–H and O–H groups in total. The largest absolute Gasteiger partial charge is 1.00 e. The highest BCUT2D eigenvalue weighted by atomic mass is 35.5. The normalized spacial score (nSPS) is 14.2. The van der Waals surface area contributed by atoms with E-state index in [9.17, 15) is 0 Å². The fraction of sp³-hybridized carbons (Fsp3) is 0.632. The maximum absolute atomic E-state index is 6.35. The first-order valence-electron chi connectivity index (χ1n) is 9.22. The number of nitrogens with zero attached hydrogens (tertiary/aromatic N) is 3. The van der Waals surface area contributed by atoms with Crippen LogP contribution >= 0.6 is 0 Å². The van der Waals surface area contributed by atoms with Crippen molar-refractivity contribution in [3.8, 4) is 0 Å². The predicted molar refractivity (Wildman–Crippen MR) is 101 cm³/mol. The van der Waals surface area contributed by atoms with Gasteiger partial charge in [-0.05, 0) is 58.6 Å². The van der Waals surface area contributed by atoms with Gasteiger partial charge >= 0.3 is 0 Å². The molecule has 0 unspecified atom stereocenters. The molecule has 25 heavy (non-hydrogen) atoms. The fourth-order valence-corrected chi connectivity index (χ4v) is 3.82. The predicted octanol–water partition coefficient (Wildman–Crippen LogP) is 0.0845. The number of hydrogen-bond acceptors (Lipinski definition) is 3. The molecule has 5 nitrogen and oxygen atoms in total. The zero-order valence-electron chi connectivity index (χ0n) is 16.1. The Morgan fingerprint density at radius 1 is 1.20 bits per heavy atom. The molecule has 0 atom stereocenters. The topological polar surface area (TPSA) is 55.4 Å².